The maximum Gasteiger partial charge on any atom is 0.297 e. The molecular formula is C120H132B2N4O2. The van der Waals surface area contributed by atoms with E-state index in [4.69, 9.17) is 8.83 Å². The highest BCUT2D eigenvalue weighted by Gasteiger charge is 2.53. The zero-order valence-corrected chi connectivity index (χ0v) is 81.5. The third kappa shape index (κ3) is 13.7. The molecule has 6 nitrogen and oxygen atoms in total. The molecule has 0 saturated carbocycles. The van der Waals surface area contributed by atoms with Gasteiger partial charge in [0.1, 0.15) is 11.2 Å². The lowest BCUT2D eigenvalue weighted by Crippen LogP contribution is -2.61. The van der Waals surface area contributed by atoms with Gasteiger partial charge in [0, 0.05) is 67.4 Å². The molecule has 128 heavy (non-hydrogen) atoms. The van der Waals surface area contributed by atoms with E-state index in [9.17, 15) is 0 Å². The summed E-state index contributed by atoms with van der Waals surface area (Å²) in [6.07, 6.45) is 6.22. The predicted octanol–water partition coefficient (Wildman–Crippen LogP) is 29.9. The van der Waals surface area contributed by atoms with Crippen LogP contribution in [0.5, 0.6) is 0 Å². The molecule has 0 bridgehead atoms. The second-order valence-corrected chi connectivity index (χ2v) is 48.2. The maximum absolute atomic E-state index is 8.03. The first-order chi connectivity index (χ1) is 60.1. The van der Waals surface area contributed by atoms with Gasteiger partial charge in [0.25, 0.3) is 13.4 Å². The molecule has 0 saturated heterocycles. The van der Waals surface area contributed by atoms with E-state index in [1.165, 1.54) is 150 Å². The van der Waals surface area contributed by atoms with Crippen LogP contribution in [0.2, 0.25) is 0 Å². The Balaban J connectivity index is 0.808. The summed E-state index contributed by atoms with van der Waals surface area (Å²) in [5, 5.41) is 2.34. The van der Waals surface area contributed by atoms with Crippen LogP contribution in [0.1, 0.15) is 287 Å². The van der Waals surface area contributed by atoms with Crippen molar-refractivity contribution in [3.8, 4) is 22.3 Å². The van der Waals surface area contributed by atoms with E-state index in [-0.39, 0.29) is 67.6 Å². The molecule has 0 atom stereocenters. The molecule has 0 fully saturated rings. The summed E-state index contributed by atoms with van der Waals surface area (Å²) in [6, 6.07) is 93.4. The lowest BCUT2D eigenvalue weighted by Gasteiger charge is -2.45. The fourth-order valence-corrected chi connectivity index (χ4v) is 22.6. The molecule has 0 amide bonds. The molecule has 12 aromatic carbocycles. The van der Waals surface area contributed by atoms with Crippen molar-refractivity contribution in [2.24, 2.45) is 0 Å². The van der Waals surface area contributed by atoms with E-state index >= 15 is 0 Å². The maximum atomic E-state index is 8.03. The van der Waals surface area contributed by atoms with Crippen LogP contribution < -0.4 is 52.8 Å². The molecule has 14 aromatic rings. The highest BCUT2D eigenvalue weighted by atomic mass is 16.3. The summed E-state index contributed by atoms with van der Waals surface area (Å²) < 4.78 is 15.9. The fraction of sp³-hybridized carbons (Fsp3) is 0.367. The number of nitrogens with zero attached hydrogens (tertiary/aromatic N) is 4. The Morgan fingerprint density at radius 2 is 0.594 bits per heavy atom. The van der Waals surface area contributed by atoms with Crippen LogP contribution in [0.4, 0.5) is 68.2 Å². The van der Waals surface area contributed by atoms with E-state index in [0.29, 0.717) is 0 Å². The van der Waals surface area contributed by atoms with Gasteiger partial charge >= 0.3 is 0 Å². The largest absolute Gasteiger partial charge is 0.468 e. The molecular weight excluding hydrogens is 1550 g/mol. The van der Waals surface area contributed by atoms with E-state index < -0.39 is 5.41 Å². The predicted molar refractivity (Wildman–Crippen MR) is 551 cm³/mol. The van der Waals surface area contributed by atoms with Crippen LogP contribution >= 0.6 is 0 Å². The Morgan fingerprint density at radius 3 is 1.01 bits per heavy atom. The minimum absolute atomic E-state index is 0.0280. The van der Waals surface area contributed by atoms with Crippen LogP contribution in [-0.4, -0.2) is 13.4 Å². The number of benzene rings is 12. The van der Waals surface area contributed by atoms with E-state index in [1.54, 1.807) is 0 Å². The lowest BCUT2D eigenvalue weighted by atomic mass is 9.35. The van der Waals surface area contributed by atoms with Crippen molar-refractivity contribution in [1.82, 2.24) is 0 Å². The molecule has 0 N–H and O–H groups in total. The molecule has 0 unspecified atom stereocenters. The van der Waals surface area contributed by atoms with Crippen molar-refractivity contribution in [2.45, 2.75) is 285 Å². The third-order valence-electron chi connectivity index (χ3n) is 31.3. The first-order valence-corrected chi connectivity index (χ1v) is 47.7. The van der Waals surface area contributed by atoms with Crippen molar-refractivity contribution >= 4 is 137 Å². The number of hydrogen-bond acceptors (Lipinski definition) is 6. The van der Waals surface area contributed by atoms with Crippen LogP contribution in [-0.2, 0) is 59.6 Å². The topological polar surface area (TPSA) is 39.2 Å². The van der Waals surface area contributed by atoms with Crippen LogP contribution in [0.15, 0.2) is 245 Å². The summed E-state index contributed by atoms with van der Waals surface area (Å²) in [5.74, 6) is 0. The Bertz CT molecular complexity index is 6850. The van der Waals surface area contributed by atoms with E-state index in [2.05, 4.69) is 443 Å². The number of furan rings is 2. The molecule has 6 heterocycles. The average Bonchev–Trinajstić information content (AvgIpc) is 1.42. The van der Waals surface area contributed by atoms with E-state index in [1.807, 2.05) is 0 Å². The van der Waals surface area contributed by atoms with Gasteiger partial charge in [-0.05, 0) is 295 Å². The van der Waals surface area contributed by atoms with Crippen LogP contribution in [0.25, 0.3) is 44.2 Å². The molecule has 2 aromatic heterocycles. The summed E-state index contributed by atoms with van der Waals surface area (Å²) in [4.78, 5) is 10.6. The molecule has 4 aliphatic heterocycles. The third-order valence-corrected chi connectivity index (χ3v) is 31.3. The minimum Gasteiger partial charge on any atom is -0.468 e. The van der Waals surface area contributed by atoms with Crippen molar-refractivity contribution in [3.63, 3.8) is 0 Å². The van der Waals surface area contributed by atoms with Gasteiger partial charge in [-0.2, -0.15) is 0 Å². The molecule has 650 valence electrons. The van der Waals surface area contributed by atoms with E-state index in [0.717, 1.165) is 95.1 Å². The number of para-hydroxylation sites is 1. The monoisotopic (exact) mass is 1680 g/mol. The number of rotatable bonds is 11. The molecule has 0 radical (unpaired) electrons. The van der Waals surface area contributed by atoms with Crippen molar-refractivity contribution in [3.05, 3.63) is 298 Å². The van der Waals surface area contributed by atoms with Gasteiger partial charge in [-0.25, -0.2) is 0 Å². The SMILES string of the molecule is CC(C)(C)c1ccc(N2c3cc(C(C)(C)C)cc4c3B(c3cc(C(C)(C)CCC(C)(C)c5cc6c7c(c5)N(c5ccc(C(C)(C)C)cc5)c5c(oc8cc9c(cc58)C(C)(C)CCC9(C)C)B7c5cc(C(C)(C)C)ccc5N6c5ccccc5-c5ccccc5)ccc3N4c3ccc(C(C)(C)C)cc3-c3ccccc3)c3oc4cc5c(cc4c32)C(C)(C)CCC5(C)C)cc1. The lowest BCUT2D eigenvalue weighted by molar-refractivity contribution is 0.332. The Morgan fingerprint density at radius 1 is 0.273 bits per heavy atom. The standard InChI is InChI=1S/C120H132B2N4O2/c1-110(2,3)75-42-49-82(50-43-75)123-98-65-80(114(13,14)15)66-100-104(98)122(109-106(123)86-69-88-90(71-102(86)128-109)119(24,25)60-58-117(88,20)21)93-64-79(48-55-97(93)126(100)95-53-46-77(112(7,8)9)62-85(95)74-38-32-29-33-39-74)115(16,17)56-57-116(18,19)81-67-99-105-101(68-81)125(94-41-35-34-40-84(94)73-36-30-28-31-37-73)96-54-47-78(113(10,11)12)63-92(96)121(105)108-107(124(99)83-51-44-76(45-52-83)111(4,5)6)87-70-89-91(72-103(87)127-108)120(26,27)61-59-118(89,22)23/h28-55,62-72H,56-61H2,1-27H3. The van der Waals surface area contributed by atoms with Gasteiger partial charge < -0.3 is 28.4 Å². The Kier molecular flexibility index (Phi) is 19.1. The summed E-state index contributed by atoms with van der Waals surface area (Å²) in [5.41, 5.74) is 40.9. The summed E-state index contributed by atoms with van der Waals surface area (Å²) in [7, 11) is 0. The molecule has 0 spiro atoms. The number of anilines is 12. The first kappa shape index (κ1) is 85.2. The van der Waals surface area contributed by atoms with Crippen molar-refractivity contribution in [2.75, 3.05) is 19.6 Å². The first-order valence-electron chi connectivity index (χ1n) is 47.7. The smallest absolute Gasteiger partial charge is 0.297 e. The van der Waals surface area contributed by atoms with Crippen LogP contribution in [0.3, 0.4) is 0 Å². The van der Waals surface area contributed by atoms with Gasteiger partial charge in [-0.15, -0.1) is 0 Å². The fourth-order valence-electron chi connectivity index (χ4n) is 22.6. The normalized spacial score (nSPS) is 16.6. The van der Waals surface area contributed by atoms with Crippen LogP contribution in [0, 0.1) is 0 Å². The minimum atomic E-state index is -0.394. The second kappa shape index (κ2) is 28.8. The number of hydrogen-bond donors (Lipinski definition) is 0. The quantitative estimate of drug-likeness (QED) is 0.120. The van der Waals surface area contributed by atoms with Gasteiger partial charge in [0.15, 0.2) is 0 Å². The van der Waals surface area contributed by atoms with Gasteiger partial charge in [-0.1, -0.05) is 320 Å². The molecule has 6 aliphatic rings. The highest BCUT2D eigenvalue weighted by molar-refractivity contribution is 7.00. The Labute approximate surface area is 765 Å². The zero-order valence-electron chi connectivity index (χ0n) is 81.5. The summed E-state index contributed by atoms with van der Waals surface area (Å²) >= 11 is 0. The molecule has 8 heteroatoms. The summed E-state index contributed by atoms with van der Waals surface area (Å²) in [6.45, 7) is 64.6. The zero-order chi connectivity index (χ0) is 90.6. The molecule has 2 aliphatic carbocycles. The average molecular weight is 1680 g/mol. The second-order valence-electron chi connectivity index (χ2n) is 48.2. The molecule has 20 rings (SSSR count). The van der Waals surface area contributed by atoms with Gasteiger partial charge in [0.05, 0.1) is 34.1 Å². The highest BCUT2D eigenvalue weighted by Crippen LogP contribution is 2.58. The van der Waals surface area contributed by atoms with Gasteiger partial charge in [-0.3, -0.25) is 0 Å². The van der Waals surface area contributed by atoms with Crippen molar-refractivity contribution in [1.29, 1.82) is 0 Å². The number of fused-ring (bicyclic) bond motifs is 14. The van der Waals surface area contributed by atoms with Gasteiger partial charge in [0.2, 0.25) is 0 Å². The Hall–Kier alpha value is -11.0. The van der Waals surface area contributed by atoms with Crippen molar-refractivity contribution < 1.29 is 8.83 Å².